The number of nitrogens with zero attached hydrogens (tertiary/aromatic N) is 5. The van der Waals surface area contributed by atoms with Crippen LogP contribution in [0.5, 0.6) is 5.75 Å². The standard InChI is InChI=1S/C17H16N6O3/c1-24-6-7-25-11-26-15-3-2-12(8-14(15)9-18)16-21-17(23-22-16)13-4-5-19-20-10-13/h2-5,8,10H,6-7,11H2,1H3,(H,21,22,23). The van der Waals surface area contributed by atoms with Gasteiger partial charge in [0.05, 0.1) is 31.2 Å². The zero-order valence-corrected chi connectivity index (χ0v) is 14.0. The van der Waals surface area contributed by atoms with Gasteiger partial charge < -0.3 is 14.2 Å². The lowest BCUT2D eigenvalue weighted by molar-refractivity contribution is -0.00858. The van der Waals surface area contributed by atoms with E-state index in [-0.39, 0.29) is 6.79 Å². The summed E-state index contributed by atoms with van der Waals surface area (Å²) in [5.74, 6) is 1.48. The van der Waals surface area contributed by atoms with Gasteiger partial charge in [-0.3, -0.25) is 5.10 Å². The Bertz CT molecular complexity index is 891. The van der Waals surface area contributed by atoms with Crippen molar-refractivity contribution in [2.45, 2.75) is 0 Å². The molecule has 0 fully saturated rings. The second-order valence-electron chi connectivity index (χ2n) is 5.12. The van der Waals surface area contributed by atoms with E-state index in [0.717, 1.165) is 11.1 Å². The molecule has 0 aliphatic heterocycles. The third-order valence-electron chi connectivity index (χ3n) is 3.43. The molecule has 9 heteroatoms. The molecule has 3 aromatic rings. The lowest BCUT2D eigenvalue weighted by atomic mass is 10.1. The Morgan fingerprint density at radius 3 is 2.85 bits per heavy atom. The molecule has 0 radical (unpaired) electrons. The molecule has 0 amide bonds. The van der Waals surface area contributed by atoms with Gasteiger partial charge in [0.2, 0.25) is 0 Å². The predicted octanol–water partition coefficient (Wildman–Crippen LogP) is 1.80. The number of rotatable bonds is 8. The van der Waals surface area contributed by atoms with Gasteiger partial charge in [0.15, 0.2) is 18.4 Å². The van der Waals surface area contributed by atoms with Crippen molar-refractivity contribution in [2.24, 2.45) is 0 Å². The van der Waals surface area contributed by atoms with Crippen molar-refractivity contribution in [3.8, 4) is 34.6 Å². The highest BCUT2D eigenvalue weighted by Crippen LogP contribution is 2.25. The van der Waals surface area contributed by atoms with Crippen LogP contribution in [0, 0.1) is 11.3 Å². The summed E-state index contributed by atoms with van der Waals surface area (Å²) in [6.45, 7) is 0.939. The molecule has 0 saturated carbocycles. The van der Waals surface area contributed by atoms with E-state index in [1.165, 1.54) is 0 Å². The number of nitrogens with one attached hydrogen (secondary N) is 1. The maximum Gasteiger partial charge on any atom is 0.189 e. The van der Waals surface area contributed by atoms with E-state index >= 15 is 0 Å². The monoisotopic (exact) mass is 352 g/mol. The first kappa shape index (κ1) is 17.5. The number of hydrogen-bond donors (Lipinski definition) is 1. The van der Waals surface area contributed by atoms with Crippen LogP contribution in [0.3, 0.4) is 0 Å². The van der Waals surface area contributed by atoms with Gasteiger partial charge in [-0.2, -0.15) is 20.6 Å². The number of aromatic nitrogens is 5. The van der Waals surface area contributed by atoms with Crippen LogP contribution < -0.4 is 4.74 Å². The van der Waals surface area contributed by atoms with Crippen molar-refractivity contribution in [3.63, 3.8) is 0 Å². The topological polar surface area (TPSA) is 119 Å². The van der Waals surface area contributed by atoms with Gasteiger partial charge in [-0.15, -0.1) is 0 Å². The number of aromatic amines is 1. The first-order chi connectivity index (χ1) is 12.8. The van der Waals surface area contributed by atoms with Gasteiger partial charge in [0.25, 0.3) is 0 Å². The van der Waals surface area contributed by atoms with E-state index in [9.17, 15) is 5.26 Å². The van der Waals surface area contributed by atoms with Crippen molar-refractivity contribution in [2.75, 3.05) is 27.1 Å². The number of nitriles is 1. The number of methoxy groups -OCH3 is 1. The molecule has 1 N–H and O–H groups in total. The molecular weight excluding hydrogens is 336 g/mol. The highest BCUT2D eigenvalue weighted by atomic mass is 16.7. The molecule has 0 bridgehead atoms. The summed E-state index contributed by atoms with van der Waals surface area (Å²) >= 11 is 0. The Hall–Kier alpha value is -3.35. The normalized spacial score (nSPS) is 10.5. The first-order valence-electron chi connectivity index (χ1n) is 7.75. The van der Waals surface area contributed by atoms with Gasteiger partial charge in [-0.05, 0) is 24.3 Å². The Morgan fingerprint density at radius 2 is 2.08 bits per heavy atom. The van der Waals surface area contributed by atoms with Crippen molar-refractivity contribution in [1.82, 2.24) is 25.4 Å². The van der Waals surface area contributed by atoms with Gasteiger partial charge in [-0.25, -0.2) is 4.98 Å². The molecule has 1 aromatic carbocycles. The van der Waals surface area contributed by atoms with Crippen molar-refractivity contribution < 1.29 is 14.2 Å². The molecule has 3 rings (SSSR count). The average molecular weight is 352 g/mol. The number of benzene rings is 1. The average Bonchev–Trinajstić information content (AvgIpc) is 3.19. The first-order valence-corrected chi connectivity index (χ1v) is 7.75. The Balaban J connectivity index is 1.73. The van der Waals surface area contributed by atoms with Crippen molar-refractivity contribution >= 4 is 0 Å². The molecule has 0 saturated heterocycles. The molecular formula is C17H16N6O3. The van der Waals surface area contributed by atoms with Crippen LogP contribution in [0.4, 0.5) is 0 Å². The molecule has 9 nitrogen and oxygen atoms in total. The minimum Gasteiger partial charge on any atom is -0.466 e. The zero-order chi connectivity index (χ0) is 18.2. The van der Waals surface area contributed by atoms with Crippen LogP contribution in [0.15, 0.2) is 36.7 Å². The second kappa shape index (κ2) is 8.66. The lowest BCUT2D eigenvalue weighted by Gasteiger charge is -2.09. The summed E-state index contributed by atoms with van der Waals surface area (Å²) in [6.07, 6.45) is 3.15. The molecule has 0 aliphatic carbocycles. The quantitative estimate of drug-likeness (QED) is 0.481. The summed E-state index contributed by atoms with van der Waals surface area (Å²) < 4.78 is 15.6. The molecule has 0 aliphatic rings. The van der Waals surface area contributed by atoms with Crippen LogP contribution in [0.2, 0.25) is 0 Å². The van der Waals surface area contributed by atoms with E-state index < -0.39 is 0 Å². The van der Waals surface area contributed by atoms with E-state index in [1.807, 2.05) is 0 Å². The van der Waals surface area contributed by atoms with E-state index in [4.69, 9.17) is 14.2 Å². The molecule has 2 heterocycles. The molecule has 26 heavy (non-hydrogen) atoms. The van der Waals surface area contributed by atoms with E-state index in [0.29, 0.717) is 36.2 Å². The van der Waals surface area contributed by atoms with Gasteiger partial charge in [0, 0.05) is 18.2 Å². The number of ether oxygens (including phenoxy) is 3. The third-order valence-corrected chi connectivity index (χ3v) is 3.43. The smallest absolute Gasteiger partial charge is 0.189 e. The summed E-state index contributed by atoms with van der Waals surface area (Å²) in [5, 5.41) is 23.9. The van der Waals surface area contributed by atoms with Crippen molar-refractivity contribution in [1.29, 1.82) is 5.26 Å². The molecule has 0 spiro atoms. The fraction of sp³-hybridized carbons (Fsp3) is 0.235. The van der Waals surface area contributed by atoms with Gasteiger partial charge in [-0.1, -0.05) is 0 Å². The van der Waals surface area contributed by atoms with Crippen LogP contribution >= 0.6 is 0 Å². The summed E-state index contributed by atoms with van der Waals surface area (Å²) in [6, 6.07) is 9.05. The van der Waals surface area contributed by atoms with E-state index in [2.05, 4.69) is 31.4 Å². The third kappa shape index (κ3) is 4.18. The van der Waals surface area contributed by atoms with E-state index in [1.54, 1.807) is 43.8 Å². The van der Waals surface area contributed by atoms with Crippen LogP contribution in [0.1, 0.15) is 5.56 Å². The maximum atomic E-state index is 9.36. The van der Waals surface area contributed by atoms with Crippen molar-refractivity contribution in [3.05, 3.63) is 42.2 Å². The fourth-order valence-corrected chi connectivity index (χ4v) is 2.14. The molecule has 132 valence electrons. The largest absolute Gasteiger partial charge is 0.466 e. The number of H-pyrrole nitrogens is 1. The highest BCUT2D eigenvalue weighted by molar-refractivity contribution is 5.64. The van der Waals surface area contributed by atoms with Gasteiger partial charge in [0.1, 0.15) is 11.8 Å². The summed E-state index contributed by atoms with van der Waals surface area (Å²) in [4.78, 5) is 4.43. The Kier molecular flexibility index (Phi) is 5.82. The van der Waals surface area contributed by atoms with Gasteiger partial charge >= 0.3 is 0 Å². The minimum absolute atomic E-state index is 0.0406. The van der Waals surface area contributed by atoms with Crippen LogP contribution in [0.25, 0.3) is 22.8 Å². The fourth-order valence-electron chi connectivity index (χ4n) is 2.14. The summed E-state index contributed by atoms with van der Waals surface area (Å²) in [7, 11) is 1.59. The summed E-state index contributed by atoms with van der Waals surface area (Å²) in [5.41, 5.74) is 1.84. The maximum absolute atomic E-state index is 9.36. The lowest BCUT2D eigenvalue weighted by Crippen LogP contribution is -2.08. The molecule has 0 atom stereocenters. The minimum atomic E-state index is 0.0406. The Labute approximate surface area is 149 Å². The molecule has 0 unspecified atom stereocenters. The predicted molar refractivity (Wildman–Crippen MR) is 90.9 cm³/mol. The SMILES string of the molecule is COCCOCOc1ccc(-c2nc(-c3ccnnc3)n[nH]2)cc1C#N. The van der Waals surface area contributed by atoms with Crippen LogP contribution in [-0.4, -0.2) is 52.5 Å². The Morgan fingerprint density at radius 1 is 1.15 bits per heavy atom. The zero-order valence-electron chi connectivity index (χ0n) is 14.0. The molecule has 2 aromatic heterocycles. The highest BCUT2D eigenvalue weighted by Gasteiger charge is 2.11. The second-order valence-corrected chi connectivity index (χ2v) is 5.12. The number of hydrogen-bond acceptors (Lipinski definition) is 8. The van der Waals surface area contributed by atoms with Crippen LogP contribution in [-0.2, 0) is 9.47 Å².